The van der Waals surface area contributed by atoms with Crippen LogP contribution in [-0.4, -0.2) is 11.1 Å². The minimum absolute atomic E-state index is 0. The van der Waals surface area contributed by atoms with E-state index in [9.17, 15) is 4.79 Å². The zero-order chi connectivity index (χ0) is 12.0. The topological polar surface area (TPSA) is 37.3 Å². The minimum Gasteiger partial charge on any atom is -0.481 e. The van der Waals surface area contributed by atoms with Gasteiger partial charge in [-0.3, -0.25) is 4.79 Å². The molecule has 0 aromatic heterocycles. The molecule has 2 nitrogen and oxygen atoms in total. The van der Waals surface area contributed by atoms with E-state index in [0.717, 1.165) is 19.3 Å². The molecule has 2 heteroatoms. The van der Waals surface area contributed by atoms with Gasteiger partial charge in [0.25, 0.3) is 0 Å². The van der Waals surface area contributed by atoms with E-state index in [0.29, 0.717) is 5.92 Å². The summed E-state index contributed by atoms with van der Waals surface area (Å²) in [5, 5.41) is 8.84. The Bertz CT molecular complexity index is 320. The quantitative estimate of drug-likeness (QED) is 0.590. The first-order chi connectivity index (χ1) is 7.65. The Hall–Kier alpha value is -1.31. The van der Waals surface area contributed by atoms with E-state index >= 15 is 0 Å². The van der Waals surface area contributed by atoms with Crippen molar-refractivity contribution in [2.45, 2.75) is 83.6 Å². The lowest BCUT2D eigenvalue weighted by Crippen LogP contribution is -2.11. The van der Waals surface area contributed by atoms with Gasteiger partial charge in [0, 0.05) is 0 Å². The summed E-state index contributed by atoms with van der Waals surface area (Å²) in [5.41, 5.74) is 1.32. The molecule has 1 rings (SSSR count). The first kappa shape index (κ1) is 37.2. The van der Waals surface area contributed by atoms with Crippen LogP contribution >= 0.6 is 0 Å². The molecule has 136 valence electrons. The second kappa shape index (κ2) is 19.7. The van der Waals surface area contributed by atoms with Gasteiger partial charge in [-0.15, -0.1) is 0 Å². The molecule has 0 fully saturated rings. The Morgan fingerprint density at radius 1 is 0.955 bits per heavy atom. The number of hydrogen-bond acceptors (Lipinski definition) is 1. The minimum atomic E-state index is -0.692. The monoisotopic (exact) mass is 316 g/mol. The van der Waals surface area contributed by atoms with Gasteiger partial charge >= 0.3 is 5.97 Å². The summed E-state index contributed by atoms with van der Waals surface area (Å²) >= 11 is 0. The molecule has 0 bridgehead atoms. The fourth-order valence-corrected chi connectivity index (χ4v) is 1.91. The highest BCUT2D eigenvalue weighted by Gasteiger charge is 2.15. The SMILES string of the molecule is C.C.C.C.C.C.CCC(CCC(C)C(=O)O)c1ccccc1. The lowest BCUT2D eigenvalue weighted by molar-refractivity contribution is -0.141. The molecule has 0 aliphatic heterocycles. The molecule has 1 N–H and O–H groups in total. The number of carbonyl (C=O) groups is 1. The summed E-state index contributed by atoms with van der Waals surface area (Å²) in [4.78, 5) is 10.7. The van der Waals surface area contributed by atoms with Crippen molar-refractivity contribution < 1.29 is 9.90 Å². The molecule has 2 atom stereocenters. The predicted octanol–water partition coefficient (Wildman–Crippen LogP) is 7.50. The second-order valence-corrected chi connectivity index (χ2v) is 4.33. The molecular weight excluding hydrogens is 272 g/mol. The van der Waals surface area contributed by atoms with Crippen molar-refractivity contribution in [2.24, 2.45) is 5.92 Å². The van der Waals surface area contributed by atoms with E-state index in [1.54, 1.807) is 6.92 Å². The highest BCUT2D eigenvalue weighted by molar-refractivity contribution is 5.69. The lowest BCUT2D eigenvalue weighted by Gasteiger charge is -2.16. The molecule has 22 heavy (non-hydrogen) atoms. The molecule has 0 saturated carbocycles. The highest BCUT2D eigenvalue weighted by Crippen LogP contribution is 2.26. The molecule has 0 aliphatic carbocycles. The number of benzene rings is 1. The van der Waals surface area contributed by atoms with E-state index in [4.69, 9.17) is 5.11 Å². The van der Waals surface area contributed by atoms with Gasteiger partial charge in [-0.25, -0.2) is 0 Å². The van der Waals surface area contributed by atoms with E-state index in [-0.39, 0.29) is 50.5 Å². The Labute approximate surface area is 142 Å². The number of carboxylic acid groups (broad SMARTS) is 1. The maximum atomic E-state index is 10.7. The standard InChI is InChI=1S/C14H20O2.6CH4/c1-3-12(10-9-11(2)14(15)16)13-7-5-4-6-8-13;;;;;;/h4-8,11-12H,3,9-10H2,1-2H3,(H,15,16);6*1H4. The van der Waals surface area contributed by atoms with Crippen molar-refractivity contribution in [1.82, 2.24) is 0 Å². The van der Waals surface area contributed by atoms with Crippen molar-refractivity contribution >= 4 is 5.97 Å². The smallest absolute Gasteiger partial charge is 0.306 e. The summed E-state index contributed by atoms with van der Waals surface area (Å²) < 4.78 is 0. The number of carboxylic acids is 1. The molecule has 1 aromatic carbocycles. The van der Waals surface area contributed by atoms with Crippen LogP contribution in [-0.2, 0) is 4.79 Å². The van der Waals surface area contributed by atoms with Gasteiger partial charge in [-0.2, -0.15) is 0 Å². The maximum Gasteiger partial charge on any atom is 0.306 e. The maximum absolute atomic E-state index is 10.7. The Morgan fingerprint density at radius 2 is 1.41 bits per heavy atom. The van der Waals surface area contributed by atoms with Crippen LogP contribution in [0.4, 0.5) is 0 Å². The Balaban J connectivity index is -0.000000107. The molecular formula is C20H44O2. The van der Waals surface area contributed by atoms with Crippen LogP contribution in [0.5, 0.6) is 0 Å². The van der Waals surface area contributed by atoms with Crippen LogP contribution in [0.3, 0.4) is 0 Å². The summed E-state index contributed by atoms with van der Waals surface area (Å²) in [5.74, 6) is -0.441. The highest BCUT2D eigenvalue weighted by atomic mass is 16.4. The molecule has 1 aromatic rings. The Kier molecular flexibility index (Phi) is 33.3. The first-order valence-corrected chi connectivity index (χ1v) is 5.92. The van der Waals surface area contributed by atoms with E-state index in [1.807, 2.05) is 18.2 Å². The second-order valence-electron chi connectivity index (χ2n) is 4.33. The Morgan fingerprint density at radius 3 is 1.77 bits per heavy atom. The fraction of sp³-hybridized carbons (Fsp3) is 0.650. The van der Waals surface area contributed by atoms with Gasteiger partial charge in [0.1, 0.15) is 0 Å². The third-order valence-corrected chi connectivity index (χ3v) is 3.13. The normalized spacial score (nSPS) is 10.5. The zero-order valence-corrected chi connectivity index (χ0v) is 10.0. The van der Waals surface area contributed by atoms with E-state index in [2.05, 4.69) is 19.1 Å². The van der Waals surface area contributed by atoms with Gasteiger partial charge in [-0.05, 0) is 30.7 Å². The fourth-order valence-electron chi connectivity index (χ4n) is 1.91. The number of hydrogen-bond donors (Lipinski definition) is 1. The molecule has 0 saturated heterocycles. The molecule has 2 unspecified atom stereocenters. The van der Waals surface area contributed by atoms with Gasteiger partial charge in [0.2, 0.25) is 0 Å². The van der Waals surface area contributed by atoms with Crippen molar-refractivity contribution in [3.8, 4) is 0 Å². The van der Waals surface area contributed by atoms with Crippen LogP contribution < -0.4 is 0 Å². The zero-order valence-electron chi connectivity index (χ0n) is 10.0. The third kappa shape index (κ3) is 12.4. The van der Waals surface area contributed by atoms with Crippen molar-refractivity contribution in [3.63, 3.8) is 0 Å². The van der Waals surface area contributed by atoms with Crippen LogP contribution in [0.1, 0.15) is 89.2 Å². The number of rotatable bonds is 6. The van der Waals surface area contributed by atoms with Gasteiger partial charge < -0.3 is 5.11 Å². The van der Waals surface area contributed by atoms with Crippen LogP contribution in [0, 0.1) is 5.92 Å². The molecule has 0 aliphatic rings. The molecule has 0 amide bonds. The largest absolute Gasteiger partial charge is 0.481 e. The molecule has 0 heterocycles. The third-order valence-electron chi connectivity index (χ3n) is 3.13. The first-order valence-electron chi connectivity index (χ1n) is 5.92. The van der Waals surface area contributed by atoms with Crippen molar-refractivity contribution in [2.75, 3.05) is 0 Å². The van der Waals surface area contributed by atoms with Gasteiger partial charge in [0.05, 0.1) is 5.92 Å². The summed E-state index contributed by atoms with van der Waals surface area (Å²) in [6, 6.07) is 10.3. The van der Waals surface area contributed by atoms with E-state index < -0.39 is 5.97 Å². The van der Waals surface area contributed by atoms with Gasteiger partial charge in [0.15, 0.2) is 0 Å². The average Bonchev–Trinajstić information content (AvgIpc) is 2.30. The summed E-state index contributed by atoms with van der Waals surface area (Å²) in [6.07, 6.45) is 2.77. The van der Waals surface area contributed by atoms with Crippen molar-refractivity contribution in [1.29, 1.82) is 0 Å². The predicted molar refractivity (Wildman–Crippen MR) is 106 cm³/mol. The van der Waals surface area contributed by atoms with E-state index in [1.165, 1.54) is 5.56 Å². The lowest BCUT2D eigenvalue weighted by atomic mass is 9.89. The van der Waals surface area contributed by atoms with Crippen molar-refractivity contribution in [3.05, 3.63) is 35.9 Å². The summed E-state index contributed by atoms with van der Waals surface area (Å²) in [6.45, 7) is 3.93. The molecule has 0 radical (unpaired) electrons. The summed E-state index contributed by atoms with van der Waals surface area (Å²) in [7, 11) is 0. The van der Waals surface area contributed by atoms with Gasteiger partial charge in [-0.1, -0.05) is 88.7 Å². The van der Waals surface area contributed by atoms with Crippen LogP contribution in [0.2, 0.25) is 0 Å². The average molecular weight is 317 g/mol. The van der Waals surface area contributed by atoms with Crippen LogP contribution in [0.25, 0.3) is 0 Å². The van der Waals surface area contributed by atoms with Crippen LogP contribution in [0.15, 0.2) is 30.3 Å². The number of aliphatic carboxylic acids is 1. The molecule has 0 spiro atoms.